The van der Waals surface area contributed by atoms with Crippen molar-refractivity contribution in [2.45, 2.75) is 18.3 Å². The van der Waals surface area contributed by atoms with Crippen LogP contribution >= 0.6 is 12.4 Å². The van der Waals surface area contributed by atoms with Gasteiger partial charge in [-0.25, -0.2) is 8.78 Å². The van der Waals surface area contributed by atoms with E-state index < -0.39 is 24.9 Å². The molecule has 130 valence electrons. The Morgan fingerprint density at radius 1 is 1.00 bits per heavy atom. The van der Waals surface area contributed by atoms with Crippen LogP contribution in [0.15, 0.2) is 60.7 Å². The molecule has 0 bridgehead atoms. The molecule has 0 aromatic heterocycles. The molecule has 2 aromatic rings. The summed E-state index contributed by atoms with van der Waals surface area (Å²) in [7, 11) is 0. The van der Waals surface area contributed by atoms with Crippen molar-refractivity contribution in [3.05, 3.63) is 71.8 Å². The highest BCUT2D eigenvalue weighted by atomic mass is 35.5. The van der Waals surface area contributed by atoms with Gasteiger partial charge in [-0.15, -0.1) is 12.4 Å². The molecule has 0 radical (unpaired) electrons. The van der Waals surface area contributed by atoms with Gasteiger partial charge in [-0.1, -0.05) is 60.7 Å². The van der Waals surface area contributed by atoms with Crippen LogP contribution in [0, 0.1) is 0 Å². The lowest BCUT2D eigenvalue weighted by Gasteiger charge is -2.19. The fourth-order valence-corrected chi connectivity index (χ4v) is 2.36. The number of amides is 1. The molecule has 2 aromatic carbocycles. The first-order chi connectivity index (χ1) is 11.0. The van der Waals surface area contributed by atoms with E-state index in [0.717, 1.165) is 11.1 Å². The van der Waals surface area contributed by atoms with E-state index in [1.807, 2.05) is 60.7 Å². The second-order valence-corrected chi connectivity index (χ2v) is 5.41. The Balaban J connectivity index is 0.00000288. The molecule has 0 unspecified atom stereocenters. The minimum Gasteiger partial charge on any atom is -0.350 e. The molecule has 0 fully saturated rings. The van der Waals surface area contributed by atoms with Gasteiger partial charge in [0.1, 0.15) is 0 Å². The van der Waals surface area contributed by atoms with Crippen molar-refractivity contribution < 1.29 is 13.6 Å². The van der Waals surface area contributed by atoms with Crippen molar-refractivity contribution in [2.24, 2.45) is 5.73 Å². The summed E-state index contributed by atoms with van der Waals surface area (Å²) >= 11 is 0. The minimum absolute atomic E-state index is 0. The van der Waals surface area contributed by atoms with E-state index in [-0.39, 0.29) is 24.7 Å². The van der Waals surface area contributed by atoms with Crippen LogP contribution in [0.1, 0.15) is 23.5 Å². The molecular weight excluding hydrogens is 334 g/mol. The van der Waals surface area contributed by atoms with Crippen LogP contribution in [-0.2, 0) is 4.79 Å². The van der Waals surface area contributed by atoms with Crippen LogP contribution in [0.3, 0.4) is 0 Å². The summed E-state index contributed by atoms with van der Waals surface area (Å²) in [6, 6.07) is 19.1. The number of alkyl halides is 2. The fraction of sp³-hybridized carbons (Fsp3) is 0.278. The molecule has 6 heteroatoms. The molecule has 0 heterocycles. The highest BCUT2D eigenvalue weighted by Gasteiger charge is 2.28. The minimum atomic E-state index is -3.08. The number of carbonyl (C=O) groups excluding carboxylic acids is 1. The topological polar surface area (TPSA) is 55.1 Å². The van der Waals surface area contributed by atoms with Gasteiger partial charge >= 0.3 is 0 Å². The third-order valence-electron chi connectivity index (χ3n) is 3.64. The maximum atomic E-state index is 13.2. The molecule has 0 saturated carbocycles. The van der Waals surface area contributed by atoms with E-state index in [0.29, 0.717) is 0 Å². The zero-order valence-electron chi connectivity index (χ0n) is 13.1. The highest BCUT2D eigenvalue weighted by Crippen LogP contribution is 2.27. The first-order valence-electron chi connectivity index (χ1n) is 7.46. The fourth-order valence-electron chi connectivity index (χ4n) is 2.36. The third-order valence-corrected chi connectivity index (χ3v) is 3.64. The highest BCUT2D eigenvalue weighted by molar-refractivity contribution is 5.85. The summed E-state index contributed by atoms with van der Waals surface area (Å²) in [4.78, 5) is 12.1. The van der Waals surface area contributed by atoms with E-state index in [1.165, 1.54) is 0 Å². The molecule has 24 heavy (non-hydrogen) atoms. The molecule has 0 saturated heterocycles. The monoisotopic (exact) mass is 354 g/mol. The van der Waals surface area contributed by atoms with Crippen LogP contribution in [0.5, 0.6) is 0 Å². The molecule has 3 N–H and O–H groups in total. The average Bonchev–Trinajstić information content (AvgIpc) is 2.59. The number of carbonyl (C=O) groups is 1. The summed E-state index contributed by atoms with van der Waals surface area (Å²) < 4.78 is 26.3. The molecule has 2 rings (SSSR count). The quantitative estimate of drug-likeness (QED) is 0.801. The standard InChI is InChI=1S/C18H20F2N2O.ClH/c19-18(20,12-21)13-22-17(23)11-16(14-7-3-1-4-8-14)15-9-5-2-6-10-15;/h1-10,16H,11-13,21H2,(H,22,23);1H. The van der Waals surface area contributed by atoms with Gasteiger partial charge in [-0.3, -0.25) is 4.79 Å². The molecule has 0 aliphatic heterocycles. The number of nitrogens with one attached hydrogen (secondary N) is 1. The van der Waals surface area contributed by atoms with Gasteiger partial charge in [0.05, 0.1) is 13.1 Å². The van der Waals surface area contributed by atoms with Crippen molar-refractivity contribution in [1.29, 1.82) is 0 Å². The van der Waals surface area contributed by atoms with Crippen LogP contribution in [0.2, 0.25) is 0 Å². The second kappa shape index (κ2) is 9.35. The number of hydrogen-bond donors (Lipinski definition) is 2. The molecule has 3 nitrogen and oxygen atoms in total. The van der Waals surface area contributed by atoms with Crippen molar-refractivity contribution in [1.82, 2.24) is 5.32 Å². The summed E-state index contributed by atoms with van der Waals surface area (Å²) in [6.45, 7) is -1.52. The molecule has 1 amide bonds. The molecule has 0 aliphatic rings. The molecule has 0 aliphatic carbocycles. The van der Waals surface area contributed by atoms with Crippen molar-refractivity contribution in [2.75, 3.05) is 13.1 Å². The molecule has 0 spiro atoms. The Morgan fingerprint density at radius 2 is 1.46 bits per heavy atom. The molecule has 0 atom stereocenters. The number of nitrogens with two attached hydrogens (primary N) is 1. The van der Waals surface area contributed by atoms with E-state index in [9.17, 15) is 13.6 Å². The summed E-state index contributed by atoms with van der Waals surface area (Å²) in [5.74, 6) is -3.68. The van der Waals surface area contributed by atoms with Gasteiger partial charge in [-0.05, 0) is 11.1 Å². The van der Waals surface area contributed by atoms with Gasteiger partial charge in [0, 0.05) is 12.3 Å². The van der Waals surface area contributed by atoms with E-state index in [1.54, 1.807) is 0 Å². The predicted molar refractivity (Wildman–Crippen MR) is 93.6 cm³/mol. The van der Waals surface area contributed by atoms with Crippen LogP contribution in [-0.4, -0.2) is 24.9 Å². The smallest absolute Gasteiger partial charge is 0.277 e. The normalized spacial score (nSPS) is 11.0. The first kappa shape index (κ1) is 20.1. The first-order valence-corrected chi connectivity index (χ1v) is 7.46. The lowest BCUT2D eigenvalue weighted by atomic mass is 9.88. The van der Waals surface area contributed by atoms with Crippen molar-refractivity contribution >= 4 is 18.3 Å². The van der Waals surface area contributed by atoms with Gasteiger partial charge in [0.2, 0.25) is 5.91 Å². The second-order valence-electron chi connectivity index (χ2n) is 5.41. The van der Waals surface area contributed by atoms with E-state index in [2.05, 4.69) is 5.32 Å². The predicted octanol–water partition coefficient (Wildman–Crippen LogP) is 3.34. The van der Waals surface area contributed by atoms with Crippen LogP contribution in [0.25, 0.3) is 0 Å². The SMILES string of the molecule is Cl.NCC(F)(F)CNC(=O)CC(c1ccccc1)c1ccccc1. The number of halogens is 3. The van der Waals surface area contributed by atoms with Gasteiger partial charge < -0.3 is 11.1 Å². The Labute approximate surface area is 146 Å². The maximum Gasteiger partial charge on any atom is 0.277 e. The Morgan fingerprint density at radius 3 is 1.88 bits per heavy atom. The van der Waals surface area contributed by atoms with Gasteiger partial charge in [-0.2, -0.15) is 0 Å². The summed E-state index contributed by atoms with van der Waals surface area (Å²) in [5.41, 5.74) is 6.92. The largest absolute Gasteiger partial charge is 0.350 e. The number of hydrogen-bond acceptors (Lipinski definition) is 2. The van der Waals surface area contributed by atoms with Crippen molar-refractivity contribution in [3.63, 3.8) is 0 Å². The van der Waals surface area contributed by atoms with Crippen molar-refractivity contribution in [3.8, 4) is 0 Å². The summed E-state index contributed by atoms with van der Waals surface area (Å²) in [5, 5.41) is 2.27. The zero-order chi connectivity index (χ0) is 16.7. The van der Waals surface area contributed by atoms with Crippen LogP contribution < -0.4 is 11.1 Å². The Kier molecular flexibility index (Phi) is 7.82. The lowest BCUT2D eigenvalue weighted by Crippen LogP contribution is -2.41. The number of rotatable bonds is 7. The average molecular weight is 355 g/mol. The van der Waals surface area contributed by atoms with Crippen LogP contribution in [0.4, 0.5) is 8.78 Å². The Bertz CT molecular complexity index is 584. The van der Waals surface area contributed by atoms with E-state index in [4.69, 9.17) is 5.73 Å². The van der Waals surface area contributed by atoms with Gasteiger partial charge in [0.15, 0.2) is 0 Å². The summed E-state index contributed by atoms with van der Waals surface area (Å²) in [6.07, 6.45) is 0.106. The number of benzene rings is 2. The molecular formula is C18H21ClF2N2O. The van der Waals surface area contributed by atoms with E-state index >= 15 is 0 Å². The lowest BCUT2D eigenvalue weighted by molar-refractivity contribution is -0.123. The van der Waals surface area contributed by atoms with Gasteiger partial charge in [0.25, 0.3) is 5.92 Å². The zero-order valence-corrected chi connectivity index (χ0v) is 13.9. The third kappa shape index (κ3) is 5.91. The maximum absolute atomic E-state index is 13.2. The Hall–Kier alpha value is -1.98.